The monoisotopic (exact) mass is 287 g/mol. The van der Waals surface area contributed by atoms with Gasteiger partial charge in [-0.05, 0) is 12.1 Å². The fourth-order valence-electron chi connectivity index (χ4n) is 0.997. The van der Waals surface area contributed by atoms with E-state index < -0.39 is 35.0 Å². The summed E-state index contributed by atoms with van der Waals surface area (Å²) in [5.41, 5.74) is 5.00. The predicted octanol–water partition coefficient (Wildman–Crippen LogP) is 0.416. The molecule has 0 aliphatic rings. The van der Waals surface area contributed by atoms with Crippen LogP contribution in [-0.2, 0) is 20.2 Å². The van der Waals surface area contributed by atoms with Crippen molar-refractivity contribution in [3.05, 3.63) is 17.2 Å². The Morgan fingerprint density at radius 2 is 1.56 bits per heavy atom. The molecule has 1 aromatic rings. The molecular formula is C6H6ClNO6S2. The summed E-state index contributed by atoms with van der Waals surface area (Å²) in [6, 6.07) is 1.71. The Morgan fingerprint density at radius 3 is 1.94 bits per heavy atom. The molecule has 0 spiro atoms. The first-order valence-corrected chi connectivity index (χ1v) is 6.84. The molecule has 90 valence electrons. The largest absolute Gasteiger partial charge is 0.397 e. The first kappa shape index (κ1) is 13.2. The highest BCUT2D eigenvalue weighted by atomic mass is 35.5. The van der Waals surface area contributed by atoms with Gasteiger partial charge in [-0.3, -0.25) is 9.11 Å². The van der Waals surface area contributed by atoms with Crippen molar-refractivity contribution in [3.8, 4) is 0 Å². The summed E-state index contributed by atoms with van der Waals surface area (Å²) in [6.45, 7) is 0. The standard InChI is InChI=1S/C6H6ClNO6S2/c7-5-3(8)1-2-4(15(9,10)11)6(5)16(12,13)14/h1-2H,8H2,(H,9,10,11)(H,12,13,14). The third-order valence-corrected chi connectivity index (χ3v) is 4.11. The first-order valence-electron chi connectivity index (χ1n) is 3.58. The van der Waals surface area contributed by atoms with Crippen molar-refractivity contribution in [1.29, 1.82) is 0 Å². The van der Waals surface area contributed by atoms with Crippen molar-refractivity contribution in [2.45, 2.75) is 9.79 Å². The molecule has 4 N–H and O–H groups in total. The third kappa shape index (κ3) is 2.44. The van der Waals surface area contributed by atoms with E-state index in [4.69, 9.17) is 26.4 Å². The molecule has 0 bridgehead atoms. The Kier molecular flexibility index (Phi) is 3.18. The first-order chi connectivity index (χ1) is 7.05. The van der Waals surface area contributed by atoms with Crippen LogP contribution in [0.25, 0.3) is 0 Å². The van der Waals surface area contributed by atoms with Gasteiger partial charge in [0, 0.05) is 0 Å². The van der Waals surface area contributed by atoms with Crippen LogP contribution in [0.4, 0.5) is 5.69 Å². The highest BCUT2D eigenvalue weighted by molar-refractivity contribution is 7.89. The Hall–Kier alpha value is -0.870. The number of halogens is 1. The Labute approximate surface area is 96.3 Å². The lowest BCUT2D eigenvalue weighted by atomic mass is 10.3. The van der Waals surface area contributed by atoms with Crippen LogP contribution in [0.15, 0.2) is 21.9 Å². The average molecular weight is 288 g/mol. The summed E-state index contributed by atoms with van der Waals surface area (Å²) >= 11 is 5.45. The molecule has 7 nitrogen and oxygen atoms in total. The Balaban J connectivity index is 3.88. The zero-order valence-corrected chi connectivity index (χ0v) is 9.84. The van der Waals surface area contributed by atoms with E-state index in [1.54, 1.807) is 0 Å². The van der Waals surface area contributed by atoms with Gasteiger partial charge in [0.2, 0.25) is 0 Å². The summed E-state index contributed by atoms with van der Waals surface area (Å²) in [7, 11) is -9.76. The van der Waals surface area contributed by atoms with E-state index in [0.29, 0.717) is 0 Å². The van der Waals surface area contributed by atoms with E-state index in [-0.39, 0.29) is 5.69 Å². The molecular weight excluding hydrogens is 282 g/mol. The fraction of sp³-hybridized carbons (Fsp3) is 0. The maximum Gasteiger partial charge on any atom is 0.297 e. The summed E-state index contributed by atoms with van der Waals surface area (Å²) in [5, 5.41) is -0.669. The quantitative estimate of drug-likeness (QED) is 0.529. The lowest BCUT2D eigenvalue weighted by molar-refractivity contribution is 0.466. The average Bonchev–Trinajstić information content (AvgIpc) is 2.05. The third-order valence-electron chi connectivity index (χ3n) is 1.63. The van der Waals surface area contributed by atoms with Crippen LogP contribution in [0, 0.1) is 0 Å². The minimum absolute atomic E-state index is 0.248. The van der Waals surface area contributed by atoms with Crippen LogP contribution >= 0.6 is 11.6 Å². The van der Waals surface area contributed by atoms with Gasteiger partial charge in [0.15, 0.2) is 0 Å². The molecule has 0 atom stereocenters. The number of hydrogen-bond acceptors (Lipinski definition) is 5. The summed E-state index contributed by atoms with van der Waals surface area (Å²) in [4.78, 5) is -2.18. The van der Waals surface area contributed by atoms with Gasteiger partial charge < -0.3 is 5.73 Å². The maximum absolute atomic E-state index is 10.9. The normalized spacial score (nSPS) is 12.7. The number of benzene rings is 1. The molecule has 0 fully saturated rings. The lowest BCUT2D eigenvalue weighted by Crippen LogP contribution is -2.10. The zero-order chi connectivity index (χ0) is 12.7. The van der Waals surface area contributed by atoms with Crippen LogP contribution in [-0.4, -0.2) is 25.9 Å². The van der Waals surface area contributed by atoms with Crippen LogP contribution in [0.3, 0.4) is 0 Å². The van der Waals surface area contributed by atoms with Gasteiger partial charge in [-0.2, -0.15) is 16.8 Å². The molecule has 0 aliphatic heterocycles. The topological polar surface area (TPSA) is 135 Å². The minimum atomic E-state index is -4.92. The van der Waals surface area contributed by atoms with Crippen molar-refractivity contribution in [3.63, 3.8) is 0 Å². The summed E-state index contributed by atoms with van der Waals surface area (Å²) in [5.74, 6) is 0. The molecule has 0 aromatic heterocycles. The van der Waals surface area contributed by atoms with E-state index >= 15 is 0 Å². The molecule has 0 aliphatic carbocycles. The molecule has 0 amide bonds. The smallest absolute Gasteiger partial charge is 0.297 e. The molecule has 0 radical (unpaired) electrons. The van der Waals surface area contributed by atoms with Gasteiger partial charge in [-0.15, -0.1) is 0 Å². The molecule has 0 saturated heterocycles. The maximum atomic E-state index is 10.9. The Bertz CT molecular complexity index is 635. The van der Waals surface area contributed by atoms with E-state index in [9.17, 15) is 16.8 Å². The lowest BCUT2D eigenvalue weighted by Gasteiger charge is -2.08. The van der Waals surface area contributed by atoms with Crippen molar-refractivity contribution < 1.29 is 25.9 Å². The van der Waals surface area contributed by atoms with Crippen molar-refractivity contribution in [2.24, 2.45) is 0 Å². The van der Waals surface area contributed by atoms with Gasteiger partial charge in [0.1, 0.15) is 9.79 Å². The van der Waals surface area contributed by atoms with Crippen molar-refractivity contribution >= 4 is 37.5 Å². The van der Waals surface area contributed by atoms with Gasteiger partial charge in [-0.1, -0.05) is 11.6 Å². The number of rotatable bonds is 2. The second kappa shape index (κ2) is 3.86. The molecule has 0 unspecified atom stereocenters. The van der Waals surface area contributed by atoms with Crippen LogP contribution in [0.2, 0.25) is 5.02 Å². The summed E-state index contributed by atoms with van der Waals surface area (Å²) < 4.78 is 61.1. The van der Waals surface area contributed by atoms with Crippen molar-refractivity contribution in [2.75, 3.05) is 5.73 Å². The van der Waals surface area contributed by atoms with Gasteiger partial charge in [0.25, 0.3) is 20.2 Å². The molecule has 1 rings (SSSR count). The minimum Gasteiger partial charge on any atom is -0.397 e. The SMILES string of the molecule is Nc1ccc(S(=O)(=O)O)c(S(=O)(=O)O)c1Cl. The van der Waals surface area contributed by atoms with Crippen LogP contribution in [0.1, 0.15) is 0 Å². The highest BCUT2D eigenvalue weighted by Crippen LogP contribution is 2.32. The number of nitrogen functional groups attached to an aromatic ring is 1. The van der Waals surface area contributed by atoms with E-state index in [1.165, 1.54) is 0 Å². The van der Waals surface area contributed by atoms with Gasteiger partial charge in [-0.25, -0.2) is 0 Å². The van der Waals surface area contributed by atoms with E-state index in [2.05, 4.69) is 0 Å². The number of anilines is 1. The van der Waals surface area contributed by atoms with E-state index in [1.807, 2.05) is 0 Å². The highest BCUT2D eigenvalue weighted by Gasteiger charge is 2.27. The zero-order valence-electron chi connectivity index (χ0n) is 7.45. The fourth-order valence-corrected chi connectivity index (χ4v) is 3.39. The molecule has 0 saturated carbocycles. The van der Waals surface area contributed by atoms with Crippen molar-refractivity contribution in [1.82, 2.24) is 0 Å². The number of nitrogens with two attached hydrogens (primary N) is 1. The Morgan fingerprint density at radius 1 is 1.06 bits per heavy atom. The summed E-state index contributed by atoms with van der Waals surface area (Å²) in [6.07, 6.45) is 0. The second-order valence-corrected chi connectivity index (χ2v) is 5.87. The molecule has 1 aromatic carbocycles. The predicted molar refractivity (Wildman–Crippen MR) is 55.5 cm³/mol. The number of hydrogen-bond donors (Lipinski definition) is 3. The molecule has 0 heterocycles. The molecule has 16 heavy (non-hydrogen) atoms. The second-order valence-electron chi connectivity index (χ2n) is 2.75. The van der Waals surface area contributed by atoms with Crippen LogP contribution in [0.5, 0.6) is 0 Å². The van der Waals surface area contributed by atoms with E-state index in [0.717, 1.165) is 12.1 Å². The van der Waals surface area contributed by atoms with Gasteiger partial charge in [0.05, 0.1) is 10.7 Å². The van der Waals surface area contributed by atoms with Crippen LogP contribution < -0.4 is 5.73 Å². The van der Waals surface area contributed by atoms with Gasteiger partial charge >= 0.3 is 0 Å². The molecule has 10 heteroatoms.